The average molecular weight is 311 g/mol. The molecule has 1 aliphatic rings. The lowest BCUT2D eigenvalue weighted by Crippen LogP contribution is -2.11. The summed E-state index contributed by atoms with van der Waals surface area (Å²) < 4.78 is 1.81. The lowest BCUT2D eigenvalue weighted by atomic mass is 9.98. The third-order valence-corrected chi connectivity index (χ3v) is 4.04. The molecular formula is C18H15ClN2O. The zero-order valence-electron chi connectivity index (χ0n) is 11.9. The van der Waals surface area contributed by atoms with Gasteiger partial charge in [0.05, 0.1) is 12.9 Å². The second-order valence-corrected chi connectivity index (χ2v) is 5.32. The van der Waals surface area contributed by atoms with Crippen molar-refractivity contribution in [3.63, 3.8) is 0 Å². The SMILES string of the molecule is Cl.O=C(Cn1ccnc1)c1cccc2c1Cc1ccccc1-2. The van der Waals surface area contributed by atoms with Gasteiger partial charge in [0.15, 0.2) is 5.78 Å². The normalized spacial score (nSPS) is 11.5. The van der Waals surface area contributed by atoms with Gasteiger partial charge in [-0.2, -0.15) is 0 Å². The van der Waals surface area contributed by atoms with E-state index in [1.165, 1.54) is 16.7 Å². The van der Waals surface area contributed by atoms with E-state index >= 15 is 0 Å². The van der Waals surface area contributed by atoms with Crippen LogP contribution < -0.4 is 0 Å². The highest BCUT2D eigenvalue weighted by Crippen LogP contribution is 2.38. The Balaban J connectivity index is 0.00000144. The van der Waals surface area contributed by atoms with Crippen LogP contribution in [0.3, 0.4) is 0 Å². The summed E-state index contributed by atoms with van der Waals surface area (Å²) in [5.74, 6) is 0.137. The highest BCUT2D eigenvalue weighted by atomic mass is 35.5. The Morgan fingerprint density at radius 1 is 1.09 bits per heavy atom. The number of carbonyl (C=O) groups excluding carboxylic acids is 1. The van der Waals surface area contributed by atoms with Gasteiger partial charge in [0.1, 0.15) is 0 Å². The summed E-state index contributed by atoms with van der Waals surface area (Å²) in [6.45, 7) is 0.340. The van der Waals surface area contributed by atoms with Gasteiger partial charge in [0.2, 0.25) is 0 Å². The van der Waals surface area contributed by atoms with Crippen molar-refractivity contribution in [1.29, 1.82) is 0 Å². The fourth-order valence-corrected chi connectivity index (χ4v) is 3.05. The maximum Gasteiger partial charge on any atom is 0.182 e. The molecule has 0 atom stereocenters. The van der Waals surface area contributed by atoms with Crippen molar-refractivity contribution in [2.75, 3.05) is 0 Å². The van der Waals surface area contributed by atoms with E-state index in [1.54, 1.807) is 12.5 Å². The molecule has 3 aromatic rings. The van der Waals surface area contributed by atoms with Crippen LogP contribution in [0, 0.1) is 0 Å². The topological polar surface area (TPSA) is 34.9 Å². The molecule has 0 saturated carbocycles. The van der Waals surface area contributed by atoms with Gasteiger partial charge < -0.3 is 4.57 Å². The zero-order chi connectivity index (χ0) is 14.2. The van der Waals surface area contributed by atoms with E-state index in [9.17, 15) is 4.79 Å². The quantitative estimate of drug-likeness (QED) is 0.540. The van der Waals surface area contributed by atoms with Crippen molar-refractivity contribution < 1.29 is 4.79 Å². The number of benzene rings is 2. The summed E-state index contributed by atoms with van der Waals surface area (Å²) in [6.07, 6.45) is 6.03. The van der Waals surface area contributed by atoms with Crippen LogP contribution in [0.1, 0.15) is 21.5 Å². The van der Waals surface area contributed by atoms with Crippen LogP contribution in [0.5, 0.6) is 0 Å². The van der Waals surface area contributed by atoms with E-state index in [-0.39, 0.29) is 18.2 Å². The fourth-order valence-electron chi connectivity index (χ4n) is 3.05. The number of Topliss-reactive ketones (excluding diaryl/α,β-unsaturated/α-hetero) is 1. The van der Waals surface area contributed by atoms with Gasteiger partial charge in [0, 0.05) is 18.0 Å². The monoisotopic (exact) mass is 310 g/mol. The van der Waals surface area contributed by atoms with Crippen molar-refractivity contribution >= 4 is 18.2 Å². The molecule has 0 bridgehead atoms. The predicted octanol–water partition coefficient (Wildman–Crippen LogP) is 3.76. The van der Waals surface area contributed by atoms with Crippen LogP contribution in [0.4, 0.5) is 0 Å². The van der Waals surface area contributed by atoms with Crippen molar-refractivity contribution in [3.8, 4) is 11.1 Å². The van der Waals surface area contributed by atoms with Crippen LogP contribution in [0.15, 0.2) is 61.2 Å². The van der Waals surface area contributed by atoms with Crippen LogP contribution in [0.2, 0.25) is 0 Å². The van der Waals surface area contributed by atoms with Crippen molar-refractivity contribution in [3.05, 3.63) is 77.9 Å². The van der Waals surface area contributed by atoms with E-state index in [2.05, 4.69) is 29.2 Å². The number of carbonyl (C=O) groups is 1. The number of imidazole rings is 1. The highest BCUT2D eigenvalue weighted by Gasteiger charge is 2.23. The molecular weight excluding hydrogens is 296 g/mol. The zero-order valence-corrected chi connectivity index (χ0v) is 12.7. The smallest absolute Gasteiger partial charge is 0.182 e. The van der Waals surface area contributed by atoms with Crippen molar-refractivity contribution in [1.82, 2.24) is 9.55 Å². The lowest BCUT2D eigenvalue weighted by molar-refractivity contribution is 0.0971. The molecule has 1 aliphatic carbocycles. The maximum absolute atomic E-state index is 12.6. The predicted molar refractivity (Wildman–Crippen MR) is 88.5 cm³/mol. The first-order valence-corrected chi connectivity index (χ1v) is 7.02. The van der Waals surface area contributed by atoms with Crippen molar-refractivity contribution in [2.45, 2.75) is 13.0 Å². The molecule has 0 aliphatic heterocycles. The van der Waals surface area contributed by atoms with E-state index in [0.717, 1.165) is 17.5 Å². The molecule has 0 radical (unpaired) electrons. The molecule has 0 N–H and O–H groups in total. The molecule has 3 nitrogen and oxygen atoms in total. The largest absolute Gasteiger partial charge is 0.330 e. The first kappa shape index (κ1) is 14.5. The molecule has 22 heavy (non-hydrogen) atoms. The Bertz CT molecular complexity index is 825. The van der Waals surface area contributed by atoms with Crippen LogP contribution >= 0.6 is 12.4 Å². The molecule has 0 fully saturated rings. The minimum Gasteiger partial charge on any atom is -0.330 e. The number of hydrogen-bond acceptors (Lipinski definition) is 2. The van der Waals surface area contributed by atoms with Crippen molar-refractivity contribution in [2.24, 2.45) is 0 Å². The van der Waals surface area contributed by atoms with Gasteiger partial charge in [-0.05, 0) is 28.7 Å². The van der Waals surface area contributed by atoms with Gasteiger partial charge in [-0.1, -0.05) is 42.5 Å². The molecule has 110 valence electrons. The Hall–Kier alpha value is -2.39. The van der Waals surface area contributed by atoms with E-state index in [4.69, 9.17) is 0 Å². The standard InChI is InChI=1S/C18H14N2O.ClH/c21-18(11-20-9-8-19-12-20)16-7-3-6-15-14-5-2-1-4-13(14)10-17(15)16;/h1-9,12H,10-11H2;1H. The molecule has 1 aromatic heterocycles. The van der Waals surface area contributed by atoms with E-state index in [0.29, 0.717) is 6.54 Å². The van der Waals surface area contributed by atoms with Gasteiger partial charge in [-0.3, -0.25) is 4.79 Å². The molecule has 2 aromatic carbocycles. The Morgan fingerprint density at radius 2 is 1.91 bits per heavy atom. The molecule has 0 saturated heterocycles. The third-order valence-electron chi connectivity index (χ3n) is 4.04. The molecule has 0 spiro atoms. The number of rotatable bonds is 3. The minimum absolute atomic E-state index is 0. The minimum atomic E-state index is 0. The maximum atomic E-state index is 12.6. The molecule has 0 unspecified atom stereocenters. The number of halogens is 1. The third kappa shape index (κ3) is 2.34. The molecule has 0 amide bonds. The molecule has 1 heterocycles. The van der Waals surface area contributed by atoms with Crippen LogP contribution in [-0.4, -0.2) is 15.3 Å². The van der Waals surface area contributed by atoms with E-state index < -0.39 is 0 Å². The summed E-state index contributed by atoms with van der Waals surface area (Å²) in [6, 6.07) is 14.4. The highest BCUT2D eigenvalue weighted by molar-refractivity contribution is 6.00. The number of aromatic nitrogens is 2. The Labute approximate surface area is 135 Å². The fraction of sp³-hybridized carbons (Fsp3) is 0.111. The first-order valence-electron chi connectivity index (χ1n) is 7.02. The number of ketones is 1. The Morgan fingerprint density at radius 3 is 2.73 bits per heavy atom. The molecule has 4 rings (SSSR count). The summed E-state index contributed by atoms with van der Waals surface area (Å²) >= 11 is 0. The van der Waals surface area contributed by atoms with Gasteiger partial charge in [-0.25, -0.2) is 4.98 Å². The van der Waals surface area contributed by atoms with Gasteiger partial charge in [0.25, 0.3) is 0 Å². The lowest BCUT2D eigenvalue weighted by Gasteiger charge is -2.08. The summed E-state index contributed by atoms with van der Waals surface area (Å²) in [7, 11) is 0. The summed E-state index contributed by atoms with van der Waals surface area (Å²) in [4.78, 5) is 16.6. The average Bonchev–Trinajstić information content (AvgIpc) is 3.13. The summed E-state index contributed by atoms with van der Waals surface area (Å²) in [5.41, 5.74) is 5.74. The van der Waals surface area contributed by atoms with Gasteiger partial charge in [-0.15, -0.1) is 12.4 Å². The van der Waals surface area contributed by atoms with Crippen LogP contribution in [0.25, 0.3) is 11.1 Å². The molecule has 4 heteroatoms. The van der Waals surface area contributed by atoms with Crippen LogP contribution in [-0.2, 0) is 13.0 Å². The number of fused-ring (bicyclic) bond motifs is 3. The summed E-state index contributed by atoms with van der Waals surface area (Å²) in [5, 5.41) is 0. The second kappa shape index (κ2) is 5.78. The van der Waals surface area contributed by atoms with Gasteiger partial charge >= 0.3 is 0 Å². The second-order valence-electron chi connectivity index (χ2n) is 5.32. The van der Waals surface area contributed by atoms with E-state index in [1.807, 2.05) is 29.0 Å². The number of hydrogen-bond donors (Lipinski definition) is 0. The Kier molecular flexibility index (Phi) is 3.82. The first-order chi connectivity index (χ1) is 10.3. The number of nitrogens with zero attached hydrogens (tertiary/aromatic N) is 2.